The third-order valence-electron chi connectivity index (χ3n) is 3.35. The SMILES string of the molecule is COc1ccc(NC(=O)N2CCC[C@@H](C)C2)cc1F. The van der Waals surface area contributed by atoms with Crippen LogP contribution in [0.2, 0.25) is 0 Å². The number of hydrogen-bond donors (Lipinski definition) is 1. The lowest BCUT2D eigenvalue weighted by molar-refractivity contribution is 0.182. The van der Waals surface area contributed by atoms with Crippen molar-refractivity contribution in [1.29, 1.82) is 0 Å². The fraction of sp³-hybridized carbons (Fsp3) is 0.500. The fourth-order valence-corrected chi connectivity index (χ4v) is 2.32. The first-order chi connectivity index (χ1) is 9.10. The van der Waals surface area contributed by atoms with Gasteiger partial charge in [-0.25, -0.2) is 9.18 Å². The molecule has 1 aliphatic heterocycles. The highest BCUT2D eigenvalue weighted by Gasteiger charge is 2.21. The lowest BCUT2D eigenvalue weighted by Crippen LogP contribution is -2.41. The Kier molecular flexibility index (Phi) is 4.24. The highest BCUT2D eigenvalue weighted by atomic mass is 19.1. The van der Waals surface area contributed by atoms with Gasteiger partial charge in [-0.3, -0.25) is 0 Å². The van der Waals surface area contributed by atoms with Crippen LogP contribution in [0.1, 0.15) is 19.8 Å². The molecule has 4 nitrogen and oxygen atoms in total. The maximum absolute atomic E-state index is 13.5. The summed E-state index contributed by atoms with van der Waals surface area (Å²) in [7, 11) is 1.41. The smallest absolute Gasteiger partial charge is 0.321 e. The zero-order valence-corrected chi connectivity index (χ0v) is 11.3. The molecule has 1 atom stereocenters. The van der Waals surface area contributed by atoms with Gasteiger partial charge < -0.3 is 15.0 Å². The Balaban J connectivity index is 2.00. The molecule has 5 heteroatoms. The van der Waals surface area contributed by atoms with Crippen LogP contribution in [-0.2, 0) is 0 Å². The molecule has 1 fully saturated rings. The van der Waals surface area contributed by atoms with Crippen molar-refractivity contribution in [2.45, 2.75) is 19.8 Å². The van der Waals surface area contributed by atoms with Gasteiger partial charge in [-0.1, -0.05) is 6.92 Å². The number of ether oxygens (including phenoxy) is 1. The molecule has 104 valence electrons. The van der Waals surface area contributed by atoms with Gasteiger partial charge in [0.25, 0.3) is 0 Å². The van der Waals surface area contributed by atoms with Crippen LogP contribution in [0.4, 0.5) is 14.9 Å². The molecular formula is C14H19FN2O2. The minimum atomic E-state index is -0.479. The maximum Gasteiger partial charge on any atom is 0.321 e. The molecule has 1 aromatic rings. The third kappa shape index (κ3) is 3.36. The van der Waals surface area contributed by atoms with Crippen molar-refractivity contribution in [2.75, 3.05) is 25.5 Å². The minimum absolute atomic E-state index is 0.170. The van der Waals surface area contributed by atoms with Crippen LogP contribution in [0, 0.1) is 11.7 Å². The Hall–Kier alpha value is -1.78. The van der Waals surface area contributed by atoms with Gasteiger partial charge in [0.1, 0.15) is 0 Å². The molecule has 0 spiro atoms. The van der Waals surface area contributed by atoms with Crippen LogP contribution in [0.15, 0.2) is 18.2 Å². The lowest BCUT2D eigenvalue weighted by atomic mass is 10.0. The maximum atomic E-state index is 13.5. The first-order valence-electron chi connectivity index (χ1n) is 6.49. The van der Waals surface area contributed by atoms with Gasteiger partial charge in [0.05, 0.1) is 7.11 Å². The summed E-state index contributed by atoms with van der Waals surface area (Å²) in [6.07, 6.45) is 2.17. The van der Waals surface area contributed by atoms with E-state index in [4.69, 9.17) is 4.74 Å². The summed E-state index contributed by atoms with van der Waals surface area (Å²) in [5, 5.41) is 2.72. The number of rotatable bonds is 2. The minimum Gasteiger partial charge on any atom is -0.494 e. The van der Waals surface area contributed by atoms with Crippen molar-refractivity contribution in [3.8, 4) is 5.75 Å². The number of carbonyl (C=O) groups excluding carboxylic acids is 1. The number of halogens is 1. The van der Waals surface area contributed by atoms with E-state index in [1.807, 2.05) is 0 Å². The van der Waals surface area contributed by atoms with E-state index < -0.39 is 5.82 Å². The molecule has 1 aromatic carbocycles. The standard InChI is InChI=1S/C14H19FN2O2/c1-10-4-3-7-17(9-10)14(18)16-11-5-6-13(19-2)12(15)8-11/h5-6,8,10H,3-4,7,9H2,1-2H3,(H,16,18)/t10-/m1/s1. The van der Waals surface area contributed by atoms with Crippen LogP contribution in [0.5, 0.6) is 5.75 Å². The Bertz CT molecular complexity index is 465. The summed E-state index contributed by atoms with van der Waals surface area (Å²) in [6.45, 7) is 3.64. The van der Waals surface area contributed by atoms with E-state index in [0.29, 0.717) is 11.6 Å². The highest BCUT2D eigenvalue weighted by molar-refractivity contribution is 5.89. The molecule has 2 rings (SSSR count). The zero-order chi connectivity index (χ0) is 13.8. The number of likely N-dealkylation sites (tertiary alicyclic amines) is 1. The summed E-state index contributed by atoms with van der Waals surface area (Å²) in [6, 6.07) is 4.23. The normalized spacial score (nSPS) is 19.1. The third-order valence-corrected chi connectivity index (χ3v) is 3.35. The van der Waals surface area contributed by atoms with Gasteiger partial charge in [-0.2, -0.15) is 0 Å². The molecule has 1 aliphatic rings. The number of methoxy groups -OCH3 is 1. The predicted octanol–water partition coefficient (Wildman–Crippen LogP) is 3.10. The summed E-state index contributed by atoms with van der Waals surface area (Å²) < 4.78 is 18.4. The number of anilines is 1. The molecule has 0 saturated carbocycles. The van der Waals surface area contributed by atoms with E-state index in [9.17, 15) is 9.18 Å². The van der Waals surface area contributed by atoms with E-state index in [2.05, 4.69) is 12.2 Å². The Morgan fingerprint density at radius 2 is 2.32 bits per heavy atom. The highest BCUT2D eigenvalue weighted by Crippen LogP contribution is 2.22. The quantitative estimate of drug-likeness (QED) is 0.893. The van der Waals surface area contributed by atoms with Crippen molar-refractivity contribution in [1.82, 2.24) is 4.90 Å². The number of benzene rings is 1. The summed E-state index contributed by atoms with van der Waals surface area (Å²) >= 11 is 0. The molecule has 0 aromatic heterocycles. The molecule has 0 aliphatic carbocycles. The Labute approximate surface area is 112 Å². The van der Waals surface area contributed by atoms with Crippen LogP contribution in [0.25, 0.3) is 0 Å². The number of nitrogens with one attached hydrogen (secondary N) is 1. The number of carbonyl (C=O) groups is 1. The van der Waals surface area contributed by atoms with E-state index in [-0.39, 0.29) is 11.8 Å². The molecular weight excluding hydrogens is 247 g/mol. The topological polar surface area (TPSA) is 41.6 Å². The van der Waals surface area contributed by atoms with E-state index in [1.165, 1.54) is 19.2 Å². The van der Waals surface area contributed by atoms with Gasteiger partial charge >= 0.3 is 6.03 Å². The lowest BCUT2D eigenvalue weighted by Gasteiger charge is -2.30. The molecule has 0 unspecified atom stereocenters. The van der Waals surface area contributed by atoms with Crippen molar-refractivity contribution < 1.29 is 13.9 Å². The second-order valence-electron chi connectivity index (χ2n) is 4.97. The zero-order valence-electron chi connectivity index (χ0n) is 11.3. The summed E-state index contributed by atoms with van der Waals surface area (Å²) in [4.78, 5) is 13.8. The molecule has 0 bridgehead atoms. The fourth-order valence-electron chi connectivity index (χ4n) is 2.32. The van der Waals surface area contributed by atoms with Crippen LogP contribution < -0.4 is 10.1 Å². The van der Waals surface area contributed by atoms with Gasteiger partial charge in [0, 0.05) is 24.8 Å². The Morgan fingerprint density at radius 3 is 2.95 bits per heavy atom. The molecule has 1 heterocycles. The van der Waals surface area contributed by atoms with E-state index in [0.717, 1.165) is 25.9 Å². The van der Waals surface area contributed by atoms with Crippen molar-refractivity contribution in [3.63, 3.8) is 0 Å². The molecule has 0 radical (unpaired) electrons. The van der Waals surface area contributed by atoms with Gasteiger partial charge in [-0.05, 0) is 30.9 Å². The van der Waals surface area contributed by atoms with Crippen molar-refractivity contribution in [3.05, 3.63) is 24.0 Å². The van der Waals surface area contributed by atoms with E-state index >= 15 is 0 Å². The molecule has 2 amide bonds. The van der Waals surface area contributed by atoms with Gasteiger partial charge in [0.2, 0.25) is 0 Å². The van der Waals surface area contributed by atoms with Crippen LogP contribution >= 0.6 is 0 Å². The van der Waals surface area contributed by atoms with Crippen LogP contribution in [-0.4, -0.2) is 31.1 Å². The predicted molar refractivity (Wildman–Crippen MR) is 71.9 cm³/mol. The van der Waals surface area contributed by atoms with Crippen molar-refractivity contribution >= 4 is 11.7 Å². The van der Waals surface area contributed by atoms with Crippen molar-refractivity contribution in [2.24, 2.45) is 5.92 Å². The number of nitrogens with zero attached hydrogens (tertiary/aromatic N) is 1. The number of hydrogen-bond acceptors (Lipinski definition) is 2. The number of amides is 2. The second kappa shape index (κ2) is 5.91. The largest absolute Gasteiger partial charge is 0.494 e. The van der Waals surface area contributed by atoms with Gasteiger partial charge in [0.15, 0.2) is 11.6 Å². The number of urea groups is 1. The Morgan fingerprint density at radius 1 is 1.53 bits per heavy atom. The van der Waals surface area contributed by atoms with Crippen LogP contribution in [0.3, 0.4) is 0 Å². The summed E-state index contributed by atoms with van der Waals surface area (Å²) in [5.74, 6) is 0.212. The average molecular weight is 266 g/mol. The van der Waals surface area contributed by atoms with E-state index in [1.54, 1.807) is 11.0 Å². The second-order valence-corrected chi connectivity index (χ2v) is 4.97. The summed E-state index contributed by atoms with van der Waals surface area (Å²) in [5.41, 5.74) is 0.446. The monoisotopic (exact) mass is 266 g/mol. The molecule has 1 N–H and O–H groups in total. The number of piperidine rings is 1. The first-order valence-corrected chi connectivity index (χ1v) is 6.49. The average Bonchev–Trinajstić information content (AvgIpc) is 2.39. The first kappa shape index (κ1) is 13.6. The molecule has 1 saturated heterocycles. The van der Waals surface area contributed by atoms with Gasteiger partial charge in [-0.15, -0.1) is 0 Å². The molecule has 19 heavy (non-hydrogen) atoms.